The maximum absolute atomic E-state index is 12.2. The number of sulfonamides is 1. The van der Waals surface area contributed by atoms with Gasteiger partial charge in [-0.1, -0.05) is 11.6 Å². The van der Waals surface area contributed by atoms with Crippen molar-refractivity contribution in [3.8, 4) is 0 Å². The number of nitro groups is 1. The highest BCUT2D eigenvalue weighted by Gasteiger charge is 2.43. The van der Waals surface area contributed by atoms with E-state index in [1.807, 2.05) is 0 Å². The minimum Gasteiger partial charge on any atom is -0.385 e. The normalized spacial score (nSPS) is 16.9. The van der Waals surface area contributed by atoms with E-state index in [4.69, 9.17) is 16.3 Å². The zero-order valence-electron chi connectivity index (χ0n) is 11.3. The summed E-state index contributed by atoms with van der Waals surface area (Å²) < 4.78 is 31.6. The van der Waals surface area contributed by atoms with Gasteiger partial charge in [0.05, 0.1) is 4.92 Å². The number of hydrogen-bond acceptors (Lipinski definition) is 6. The Hall–Kier alpha value is -0.740. The topological polar surface area (TPSA) is 98.5 Å². The van der Waals surface area contributed by atoms with Crippen LogP contribution in [0.15, 0.2) is 10.3 Å². The number of hydrogen-bond donors (Lipinski definition) is 1. The molecule has 0 saturated heterocycles. The van der Waals surface area contributed by atoms with E-state index in [1.165, 1.54) is 0 Å². The van der Waals surface area contributed by atoms with Gasteiger partial charge in [0.25, 0.3) is 5.69 Å². The van der Waals surface area contributed by atoms with Crippen LogP contribution in [-0.2, 0) is 14.8 Å². The molecule has 1 aliphatic rings. The van der Waals surface area contributed by atoms with Gasteiger partial charge >= 0.3 is 0 Å². The van der Waals surface area contributed by atoms with Crippen LogP contribution < -0.4 is 4.72 Å². The molecule has 118 valence electrons. The Morgan fingerprint density at radius 3 is 2.71 bits per heavy atom. The van der Waals surface area contributed by atoms with E-state index >= 15 is 0 Å². The highest BCUT2D eigenvalue weighted by Crippen LogP contribution is 2.48. The third-order valence-corrected chi connectivity index (χ3v) is 6.75. The molecule has 1 heterocycles. The second-order valence-electron chi connectivity index (χ2n) is 5.05. The van der Waals surface area contributed by atoms with Crippen molar-refractivity contribution in [1.82, 2.24) is 4.72 Å². The summed E-state index contributed by atoms with van der Waals surface area (Å²) in [5, 5.41) is 10.7. The fourth-order valence-corrected chi connectivity index (χ4v) is 4.79. The summed E-state index contributed by atoms with van der Waals surface area (Å²) in [6.45, 7) is 0.889. The van der Waals surface area contributed by atoms with Gasteiger partial charge in [-0.25, -0.2) is 13.1 Å². The maximum Gasteiger partial charge on any atom is 0.300 e. The number of thiophene rings is 1. The summed E-state index contributed by atoms with van der Waals surface area (Å²) in [4.78, 5) is 10.0. The van der Waals surface area contributed by atoms with Crippen LogP contribution >= 0.6 is 22.9 Å². The molecular formula is C11H15ClN2O5S2. The monoisotopic (exact) mass is 354 g/mol. The van der Waals surface area contributed by atoms with Crippen molar-refractivity contribution in [2.75, 3.05) is 20.3 Å². The molecule has 1 N–H and O–H groups in total. The smallest absolute Gasteiger partial charge is 0.300 e. The van der Waals surface area contributed by atoms with Crippen LogP contribution in [0.25, 0.3) is 0 Å². The molecule has 0 radical (unpaired) electrons. The van der Waals surface area contributed by atoms with Crippen molar-refractivity contribution in [1.29, 1.82) is 0 Å². The molecule has 0 amide bonds. The zero-order chi connectivity index (χ0) is 15.7. The van der Waals surface area contributed by atoms with E-state index in [2.05, 4.69) is 4.72 Å². The number of methoxy groups -OCH3 is 1. The summed E-state index contributed by atoms with van der Waals surface area (Å²) in [5.41, 5.74) is -0.432. The molecular weight excluding hydrogens is 340 g/mol. The van der Waals surface area contributed by atoms with Crippen LogP contribution in [0.5, 0.6) is 0 Å². The van der Waals surface area contributed by atoms with E-state index in [0.717, 1.165) is 25.3 Å². The van der Waals surface area contributed by atoms with Crippen molar-refractivity contribution >= 4 is 38.6 Å². The Labute approximate surface area is 131 Å². The Kier molecular flexibility index (Phi) is 4.89. The molecule has 0 spiro atoms. The third kappa shape index (κ3) is 3.92. The molecule has 2 rings (SSSR count). The number of rotatable bonds is 8. The minimum absolute atomic E-state index is 0.0456. The van der Waals surface area contributed by atoms with Gasteiger partial charge < -0.3 is 4.74 Å². The van der Waals surface area contributed by atoms with E-state index in [9.17, 15) is 18.5 Å². The minimum atomic E-state index is -3.77. The first-order valence-corrected chi connectivity index (χ1v) is 8.90. The fourth-order valence-electron chi connectivity index (χ4n) is 1.93. The first-order valence-electron chi connectivity index (χ1n) is 6.22. The average molecular weight is 355 g/mol. The summed E-state index contributed by atoms with van der Waals surface area (Å²) in [5.74, 6) is 0. The molecule has 1 saturated carbocycles. The van der Waals surface area contributed by atoms with Crippen molar-refractivity contribution in [2.24, 2.45) is 5.41 Å². The predicted octanol–water partition coefficient (Wildman–Crippen LogP) is 2.40. The molecule has 0 aromatic carbocycles. The lowest BCUT2D eigenvalue weighted by atomic mass is 10.0. The molecule has 1 fully saturated rings. The van der Waals surface area contributed by atoms with E-state index in [1.54, 1.807) is 7.11 Å². The van der Waals surface area contributed by atoms with E-state index < -0.39 is 14.9 Å². The molecule has 10 heteroatoms. The van der Waals surface area contributed by atoms with Crippen LogP contribution in [-0.4, -0.2) is 33.6 Å². The van der Waals surface area contributed by atoms with Crippen molar-refractivity contribution < 1.29 is 18.1 Å². The Balaban J connectivity index is 2.05. The van der Waals surface area contributed by atoms with Gasteiger partial charge in [0.15, 0.2) is 4.34 Å². The predicted molar refractivity (Wildman–Crippen MR) is 79.3 cm³/mol. The van der Waals surface area contributed by atoms with Gasteiger partial charge in [-0.15, -0.1) is 11.3 Å². The SMILES string of the molecule is COCCC1(CNS(=O)(=O)c2cc([N+](=O)[O-])c(Cl)s2)CC1. The van der Waals surface area contributed by atoms with Gasteiger partial charge in [0.2, 0.25) is 10.0 Å². The van der Waals surface area contributed by atoms with Crippen LogP contribution in [0, 0.1) is 15.5 Å². The second kappa shape index (κ2) is 6.17. The number of ether oxygens (including phenoxy) is 1. The summed E-state index contributed by atoms with van der Waals surface area (Å²) in [6, 6.07) is 0.990. The van der Waals surface area contributed by atoms with Crippen LogP contribution in [0.2, 0.25) is 4.34 Å². The lowest BCUT2D eigenvalue weighted by Crippen LogP contribution is -2.30. The Bertz CT molecular complexity index is 639. The lowest BCUT2D eigenvalue weighted by molar-refractivity contribution is -0.384. The molecule has 0 aliphatic heterocycles. The summed E-state index contributed by atoms with van der Waals surface area (Å²) in [7, 11) is -2.17. The van der Waals surface area contributed by atoms with Crippen LogP contribution in [0.1, 0.15) is 19.3 Å². The number of nitrogens with zero attached hydrogens (tertiary/aromatic N) is 1. The highest BCUT2D eigenvalue weighted by molar-refractivity contribution is 7.91. The van der Waals surface area contributed by atoms with E-state index in [-0.39, 0.29) is 19.6 Å². The maximum atomic E-state index is 12.2. The molecule has 1 aliphatic carbocycles. The Morgan fingerprint density at radius 1 is 1.57 bits per heavy atom. The molecule has 7 nitrogen and oxygen atoms in total. The highest BCUT2D eigenvalue weighted by atomic mass is 35.5. The lowest BCUT2D eigenvalue weighted by Gasteiger charge is -2.14. The molecule has 1 aromatic rings. The number of nitrogens with one attached hydrogen (secondary N) is 1. The van der Waals surface area contributed by atoms with Gasteiger partial charge in [0.1, 0.15) is 4.21 Å². The van der Waals surface area contributed by atoms with Gasteiger partial charge in [-0.05, 0) is 24.7 Å². The fraction of sp³-hybridized carbons (Fsp3) is 0.636. The van der Waals surface area contributed by atoms with Crippen LogP contribution in [0.3, 0.4) is 0 Å². The van der Waals surface area contributed by atoms with E-state index in [0.29, 0.717) is 24.5 Å². The second-order valence-corrected chi connectivity index (χ2v) is 8.70. The first-order chi connectivity index (χ1) is 9.80. The number of halogens is 1. The molecule has 0 bridgehead atoms. The van der Waals surface area contributed by atoms with Crippen molar-refractivity contribution in [2.45, 2.75) is 23.5 Å². The molecule has 0 unspecified atom stereocenters. The quantitative estimate of drug-likeness (QED) is 0.571. The standard InChI is InChI=1S/C11H15ClN2O5S2/c1-19-5-4-11(2-3-11)7-13-21(17,18)9-6-8(14(15)16)10(12)20-9/h6,13H,2-5,7H2,1H3. The summed E-state index contributed by atoms with van der Waals surface area (Å²) >= 11 is 6.37. The van der Waals surface area contributed by atoms with Gasteiger partial charge in [-0.2, -0.15) is 0 Å². The van der Waals surface area contributed by atoms with Crippen molar-refractivity contribution in [3.63, 3.8) is 0 Å². The third-order valence-electron chi connectivity index (χ3n) is 3.54. The zero-order valence-corrected chi connectivity index (χ0v) is 13.7. The van der Waals surface area contributed by atoms with Gasteiger partial charge in [0, 0.05) is 26.3 Å². The largest absolute Gasteiger partial charge is 0.385 e. The van der Waals surface area contributed by atoms with Crippen molar-refractivity contribution in [3.05, 3.63) is 20.5 Å². The Morgan fingerprint density at radius 2 is 2.24 bits per heavy atom. The molecule has 0 atom stereocenters. The molecule has 21 heavy (non-hydrogen) atoms. The molecule has 1 aromatic heterocycles. The summed E-state index contributed by atoms with van der Waals surface area (Å²) in [6.07, 6.45) is 2.69. The van der Waals surface area contributed by atoms with Gasteiger partial charge in [-0.3, -0.25) is 10.1 Å². The first kappa shape index (κ1) is 16.6. The average Bonchev–Trinajstić information content (AvgIpc) is 3.08. The van der Waals surface area contributed by atoms with Crippen LogP contribution in [0.4, 0.5) is 5.69 Å².